The number of methoxy groups -OCH3 is 2. The number of rotatable bonds is 4. The summed E-state index contributed by atoms with van der Waals surface area (Å²) < 4.78 is 10.6. The summed E-state index contributed by atoms with van der Waals surface area (Å²) >= 11 is 0. The van der Waals surface area contributed by atoms with Crippen molar-refractivity contribution >= 4 is 11.9 Å². The van der Waals surface area contributed by atoms with Crippen LogP contribution in [0.1, 0.15) is 32.1 Å². The maximum Gasteiger partial charge on any atom is 0.361 e. The summed E-state index contributed by atoms with van der Waals surface area (Å²) in [7, 11) is 2.44. The highest BCUT2D eigenvalue weighted by Crippen LogP contribution is 2.12. The zero-order valence-electron chi connectivity index (χ0n) is 12.0. The molecule has 7 heteroatoms. The maximum absolute atomic E-state index is 11.9. The van der Waals surface area contributed by atoms with Crippen molar-refractivity contribution in [3.8, 4) is 0 Å². The predicted molar refractivity (Wildman–Crippen MR) is 73.0 cm³/mol. The normalized spacial score (nSPS) is 10.2. The zero-order valence-corrected chi connectivity index (χ0v) is 12.0. The van der Waals surface area contributed by atoms with Crippen LogP contribution >= 0.6 is 0 Å². The average Bonchev–Trinajstić information content (AvgIpc) is 2.89. The lowest BCUT2D eigenvalue weighted by Crippen LogP contribution is -2.17. The van der Waals surface area contributed by atoms with Crippen LogP contribution < -0.4 is 0 Å². The summed E-state index contributed by atoms with van der Waals surface area (Å²) in [6.07, 6.45) is 0. The van der Waals surface area contributed by atoms with Gasteiger partial charge in [0.15, 0.2) is 5.69 Å². The molecule has 2 rings (SSSR count). The monoisotopic (exact) mass is 289 g/mol. The van der Waals surface area contributed by atoms with Crippen LogP contribution in [0.2, 0.25) is 0 Å². The molecule has 7 nitrogen and oxygen atoms in total. The third kappa shape index (κ3) is 3.07. The second-order valence-electron chi connectivity index (χ2n) is 4.42. The molecule has 0 N–H and O–H groups in total. The van der Waals surface area contributed by atoms with Gasteiger partial charge in [-0.25, -0.2) is 14.3 Å². The molecule has 21 heavy (non-hydrogen) atoms. The van der Waals surface area contributed by atoms with E-state index < -0.39 is 11.9 Å². The number of hydrogen-bond donors (Lipinski definition) is 0. The fourth-order valence-electron chi connectivity index (χ4n) is 1.94. The van der Waals surface area contributed by atoms with Crippen LogP contribution in [-0.4, -0.2) is 41.2 Å². The van der Waals surface area contributed by atoms with Gasteiger partial charge in [0.2, 0.25) is 5.69 Å². The molecular weight excluding hydrogens is 274 g/mol. The van der Waals surface area contributed by atoms with E-state index in [0.717, 1.165) is 11.1 Å². The van der Waals surface area contributed by atoms with Gasteiger partial charge in [0.25, 0.3) is 0 Å². The first-order valence-electron chi connectivity index (χ1n) is 6.22. The van der Waals surface area contributed by atoms with Crippen LogP contribution in [-0.2, 0) is 16.0 Å². The van der Waals surface area contributed by atoms with E-state index in [-0.39, 0.29) is 11.4 Å². The van der Waals surface area contributed by atoms with Gasteiger partial charge >= 0.3 is 11.9 Å². The van der Waals surface area contributed by atoms with E-state index in [0.29, 0.717) is 6.54 Å². The molecule has 0 bridgehead atoms. The Morgan fingerprint density at radius 3 is 2.52 bits per heavy atom. The standard InChI is InChI=1S/C14H15N3O4/c1-9-5-4-6-10(7-9)8-17-12(14(19)21-3)11(15-16-17)13(18)20-2/h4-7H,8H2,1-3H3. The van der Waals surface area contributed by atoms with E-state index in [2.05, 4.69) is 19.8 Å². The van der Waals surface area contributed by atoms with Gasteiger partial charge in [-0.3, -0.25) is 0 Å². The van der Waals surface area contributed by atoms with Crippen LogP contribution in [0.3, 0.4) is 0 Å². The largest absolute Gasteiger partial charge is 0.464 e. The number of ether oxygens (including phenoxy) is 2. The summed E-state index contributed by atoms with van der Waals surface area (Å²) in [6.45, 7) is 2.27. The van der Waals surface area contributed by atoms with E-state index in [1.807, 2.05) is 31.2 Å². The smallest absolute Gasteiger partial charge is 0.361 e. The van der Waals surface area contributed by atoms with Crippen LogP contribution in [0, 0.1) is 6.92 Å². The molecule has 1 heterocycles. The van der Waals surface area contributed by atoms with E-state index in [1.165, 1.54) is 18.9 Å². The third-order valence-electron chi connectivity index (χ3n) is 2.91. The van der Waals surface area contributed by atoms with Crippen LogP contribution in [0.25, 0.3) is 0 Å². The predicted octanol–water partition coefficient (Wildman–Crippen LogP) is 1.21. The zero-order chi connectivity index (χ0) is 15.4. The van der Waals surface area contributed by atoms with Gasteiger partial charge in [-0.2, -0.15) is 0 Å². The summed E-state index contributed by atoms with van der Waals surface area (Å²) in [5.74, 6) is -1.42. The number of aryl methyl sites for hydroxylation is 1. The molecule has 1 aromatic heterocycles. The minimum Gasteiger partial charge on any atom is -0.464 e. The quantitative estimate of drug-likeness (QED) is 0.787. The van der Waals surface area contributed by atoms with Crippen LogP contribution in [0.15, 0.2) is 24.3 Å². The number of nitrogens with zero attached hydrogens (tertiary/aromatic N) is 3. The number of carbonyl (C=O) groups excluding carboxylic acids is 2. The Morgan fingerprint density at radius 2 is 1.90 bits per heavy atom. The SMILES string of the molecule is COC(=O)c1nnn(Cc2cccc(C)c2)c1C(=O)OC. The van der Waals surface area contributed by atoms with Gasteiger partial charge in [0.05, 0.1) is 20.8 Å². The highest BCUT2D eigenvalue weighted by molar-refractivity contribution is 6.00. The number of carbonyl (C=O) groups is 2. The van der Waals surface area contributed by atoms with Crippen molar-refractivity contribution in [2.24, 2.45) is 0 Å². The first kappa shape index (κ1) is 14.7. The summed E-state index contributed by atoms with van der Waals surface area (Å²) in [6, 6.07) is 7.72. The molecular formula is C14H15N3O4. The van der Waals surface area contributed by atoms with Gasteiger partial charge in [-0.15, -0.1) is 5.10 Å². The second kappa shape index (κ2) is 6.17. The fraction of sp³-hybridized carbons (Fsp3) is 0.286. The van der Waals surface area contributed by atoms with Gasteiger partial charge in [-0.1, -0.05) is 35.0 Å². The topological polar surface area (TPSA) is 83.3 Å². The Kier molecular flexibility index (Phi) is 4.32. The Morgan fingerprint density at radius 1 is 1.19 bits per heavy atom. The number of esters is 2. The molecule has 0 amide bonds. The van der Waals surface area contributed by atoms with Gasteiger partial charge in [0, 0.05) is 0 Å². The third-order valence-corrected chi connectivity index (χ3v) is 2.91. The first-order valence-corrected chi connectivity index (χ1v) is 6.22. The lowest BCUT2D eigenvalue weighted by Gasteiger charge is -2.06. The van der Waals surface area contributed by atoms with Crippen molar-refractivity contribution in [3.05, 3.63) is 46.8 Å². The van der Waals surface area contributed by atoms with E-state index in [4.69, 9.17) is 0 Å². The molecule has 0 fully saturated rings. The Balaban J connectivity index is 2.41. The van der Waals surface area contributed by atoms with Crippen molar-refractivity contribution in [2.75, 3.05) is 14.2 Å². The van der Waals surface area contributed by atoms with E-state index in [1.54, 1.807) is 0 Å². The van der Waals surface area contributed by atoms with Crippen molar-refractivity contribution in [2.45, 2.75) is 13.5 Å². The molecule has 0 unspecified atom stereocenters. The van der Waals surface area contributed by atoms with Crippen molar-refractivity contribution in [1.29, 1.82) is 0 Å². The molecule has 2 aromatic rings. The molecule has 0 aliphatic heterocycles. The number of aromatic nitrogens is 3. The highest BCUT2D eigenvalue weighted by atomic mass is 16.5. The summed E-state index contributed by atoms with van der Waals surface area (Å²) in [5.41, 5.74) is 1.84. The molecule has 1 aromatic carbocycles. The van der Waals surface area contributed by atoms with Crippen molar-refractivity contribution in [3.63, 3.8) is 0 Å². The van der Waals surface area contributed by atoms with Crippen molar-refractivity contribution in [1.82, 2.24) is 15.0 Å². The minimum absolute atomic E-state index is 0.0224. The molecule has 0 spiro atoms. The molecule has 0 saturated carbocycles. The Hall–Kier alpha value is -2.70. The van der Waals surface area contributed by atoms with Crippen molar-refractivity contribution < 1.29 is 19.1 Å². The Bertz CT molecular complexity index is 679. The van der Waals surface area contributed by atoms with Gasteiger partial charge < -0.3 is 9.47 Å². The molecule has 0 radical (unpaired) electrons. The molecule has 110 valence electrons. The highest BCUT2D eigenvalue weighted by Gasteiger charge is 2.26. The lowest BCUT2D eigenvalue weighted by molar-refractivity contribution is 0.0544. The Labute approximate surface area is 121 Å². The molecule has 0 aliphatic carbocycles. The summed E-state index contributed by atoms with van der Waals surface area (Å²) in [5, 5.41) is 7.56. The second-order valence-corrected chi connectivity index (χ2v) is 4.42. The number of hydrogen-bond acceptors (Lipinski definition) is 6. The van der Waals surface area contributed by atoms with E-state index >= 15 is 0 Å². The van der Waals surface area contributed by atoms with Gasteiger partial charge in [-0.05, 0) is 12.5 Å². The first-order chi connectivity index (χ1) is 10.1. The molecule has 0 saturated heterocycles. The average molecular weight is 289 g/mol. The van der Waals surface area contributed by atoms with Gasteiger partial charge in [0.1, 0.15) is 0 Å². The number of benzene rings is 1. The van der Waals surface area contributed by atoms with Crippen LogP contribution in [0.5, 0.6) is 0 Å². The van der Waals surface area contributed by atoms with Crippen LogP contribution in [0.4, 0.5) is 0 Å². The molecule has 0 aliphatic rings. The maximum atomic E-state index is 11.9. The fourth-order valence-corrected chi connectivity index (χ4v) is 1.94. The summed E-state index contributed by atoms with van der Waals surface area (Å²) in [4.78, 5) is 23.5. The molecule has 0 atom stereocenters. The van der Waals surface area contributed by atoms with E-state index in [9.17, 15) is 9.59 Å². The lowest BCUT2D eigenvalue weighted by atomic mass is 10.1. The minimum atomic E-state index is -0.731.